The maximum atomic E-state index is 10.3. The monoisotopic (exact) mass is 678 g/mol. The predicted molar refractivity (Wildman–Crippen MR) is 219 cm³/mol. The van der Waals surface area contributed by atoms with Gasteiger partial charge >= 0.3 is 0 Å². The van der Waals surface area contributed by atoms with Crippen molar-refractivity contribution < 1.29 is 5.11 Å². The molecule has 0 rings (SSSR count). The molecule has 0 aliphatic heterocycles. The van der Waals surface area contributed by atoms with Crippen molar-refractivity contribution in [1.82, 2.24) is 4.90 Å². The molecule has 0 saturated heterocycles. The van der Waals surface area contributed by atoms with Gasteiger partial charge in [0.1, 0.15) is 6.23 Å². The van der Waals surface area contributed by atoms with Gasteiger partial charge in [-0.25, -0.2) is 0 Å². The molecule has 1 atom stereocenters. The van der Waals surface area contributed by atoms with Crippen LogP contribution < -0.4 is 0 Å². The molecule has 0 bridgehead atoms. The third-order valence-electron chi connectivity index (χ3n) is 11.1. The summed E-state index contributed by atoms with van der Waals surface area (Å²) in [5.41, 5.74) is 0. The molecule has 0 radical (unpaired) electrons. The summed E-state index contributed by atoms with van der Waals surface area (Å²) in [5, 5.41) is 10.3. The van der Waals surface area contributed by atoms with Crippen molar-refractivity contribution in [3.63, 3.8) is 0 Å². The molecule has 0 aromatic rings. The topological polar surface area (TPSA) is 23.5 Å². The number of unbranched alkanes of at least 4 members (excludes halogenated alkanes) is 38. The van der Waals surface area contributed by atoms with Crippen LogP contribution in [0.15, 0.2) is 0 Å². The first-order valence-electron chi connectivity index (χ1n) is 23.1. The molecule has 0 heterocycles. The van der Waals surface area contributed by atoms with E-state index in [4.69, 9.17) is 0 Å². The van der Waals surface area contributed by atoms with Gasteiger partial charge in [-0.15, -0.1) is 0 Å². The van der Waals surface area contributed by atoms with Gasteiger partial charge in [0, 0.05) is 13.1 Å². The Hall–Kier alpha value is -0.0800. The second kappa shape index (κ2) is 43.1. The Kier molecular flexibility index (Phi) is 43.0. The molecule has 0 saturated carbocycles. The molecule has 0 aliphatic carbocycles. The van der Waals surface area contributed by atoms with E-state index in [1.165, 1.54) is 257 Å². The van der Waals surface area contributed by atoms with Gasteiger partial charge in [-0.1, -0.05) is 258 Å². The molecule has 2 nitrogen and oxygen atoms in total. The molecule has 0 fully saturated rings. The molecule has 0 spiro atoms. The van der Waals surface area contributed by atoms with E-state index >= 15 is 0 Å². The van der Waals surface area contributed by atoms with Gasteiger partial charge in [0.2, 0.25) is 0 Å². The Balaban J connectivity index is 3.33. The highest BCUT2D eigenvalue weighted by Crippen LogP contribution is 2.17. The van der Waals surface area contributed by atoms with Crippen LogP contribution in [-0.4, -0.2) is 29.3 Å². The molecule has 0 amide bonds. The highest BCUT2D eigenvalue weighted by molar-refractivity contribution is 4.60. The molecule has 1 unspecified atom stereocenters. The number of rotatable bonds is 43. The van der Waals surface area contributed by atoms with Gasteiger partial charge in [0.25, 0.3) is 0 Å². The van der Waals surface area contributed by atoms with Crippen molar-refractivity contribution in [2.75, 3.05) is 13.1 Å². The smallest absolute Gasteiger partial charge is 0.104 e. The lowest BCUT2D eigenvalue weighted by Crippen LogP contribution is -2.34. The van der Waals surface area contributed by atoms with Crippen molar-refractivity contribution in [3.05, 3.63) is 0 Å². The summed E-state index contributed by atoms with van der Waals surface area (Å²) in [6.07, 6.45) is 57.0. The van der Waals surface area contributed by atoms with Crippen molar-refractivity contribution in [1.29, 1.82) is 0 Å². The minimum Gasteiger partial charge on any atom is -0.379 e. The van der Waals surface area contributed by atoms with Crippen LogP contribution in [0.1, 0.15) is 278 Å². The van der Waals surface area contributed by atoms with E-state index in [1.807, 2.05) is 6.92 Å². The molecule has 48 heavy (non-hydrogen) atoms. The molecule has 290 valence electrons. The molecule has 2 heteroatoms. The van der Waals surface area contributed by atoms with E-state index in [9.17, 15) is 5.11 Å². The molecule has 0 aromatic carbocycles. The lowest BCUT2D eigenvalue weighted by Gasteiger charge is -2.25. The van der Waals surface area contributed by atoms with Crippen LogP contribution in [0, 0.1) is 0 Å². The van der Waals surface area contributed by atoms with Crippen LogP contribution in [0.2, 0.25) is 0 Å². The molecular weight excluding hydrogens is 583 g/mol. The number of aliphatic hydroxyl groups excluding tert-OH is 1. The zero-order chi connectivity index (χ0) is 34.9. The summed E-state index contributed by atoms with van der Waals surface area (Å²) < 4.78 is 0. The maximum Gasteiger partial charge on any atom is 0.104 e. The van der Waals surface area contributed by atoms with Gasteiger partial charge in [-0.2, -0.15) is 0 Å². The summed E-state index contributed by atoms with van der Waals surface area (Å²) >= 11 is 0. The van der Waals surface area contributed by atoms with Gasteiger partial charge < -0.3 is 5.11 Å². The van der Waals surface area contributed by atoms with Gasteiger partial charge in [0.05, 0.1) is 0 Å². The first kappa shape index (κ1) is 47.9. The number of aliphatic hydroxyl groups is 1. The number of hydrogen-bond acceptors (Lipinski definition) is 2. The van der Waals surface area contributed by atoms with E-state index in [2.05, 4.69) is 18.7 Å². The summed E-state index contributed by atoms with van der Waals surface area (Å²) in [5.74, 6) is 0. The zero-order valence-corrected chi connectivity index (χ0v) is 34.2. The SMILES string of the molecule is CCCCCCCCCCCCCCCCCCCCCCN(CCCCCCCCCCCCCCCCCCCCCC)C(C)O. The van der Waals surface area contributed by atoms with Crippen molar-refractivity contribution in [2.45, 2.75) is 284 Å². The summed E-state index contributed by atoms with van der Waals surface area (Å²) in [6, 6.07) is 0. The fraction of sp³-hybridized carbons (Fsp3) is 1.00. The van der Waals surface area contributed by atoms with E-state index in [0.717, 1.165) is 13.1 Å². The molecule has 1 N–H and O–H groups in total. The normalized spacial score (nSPS) is 12.4. The number of nitrogens with zero attached hydrogens (tertiary/aromatic N) is 1. The summed E-state index contributed by atoms with van der Waals surface area (Å²) in [6.45, 7) is 8.73. The van der Waals surface area contributed by atoms with Gasteiger partial charge in [0.15, 0.2) is 0 Å². The number of hydrogen-bond donors (Lipinski definition) is 1. The average Bonchev–Trinajstić information content (AvgIpc) is 3.08. The van der Waals surface area contributed by atoms with E-state index in [1.54, 1.807) is 0 Å². The van der Waals surface area contributed by atoms with Gasteiger partial charge in [-0.05, 0) is 19.8 Å². The first-order valence-corrected chi connectivity index (χ1v) is 23.1. The first-order chi connectivity index (χ1) is 23.7. The lowest BCUT2D eigenvalue weighted by molar-refractivity contribution is 0.0163. The van der Waals surface area contributed by atoms with Crippen molar-refractivity contribution in [3.8, 4) is 0 Å². The Morgan fingerprint density at radius 3 is 0.562 bits per heavy atom. The lowest BCUT2D eigenvalue weighted by atomic mass is 10.0. The molecular formula is C46H95NO. The zero-order valence-electron chi connectivity index (χ0n) is 34.2. The standard InChI is InChI=1S/C46H95NO/c1-4-6-8-10-12-14-16-18-20-22-24-26-28-30-32-34-36-38-40-42-44-47(46(3)48)45-43-41-39-37-35-33-31-29-27-25-23-21-19-17-15-13-11-9-7-5-2/h46,48H,4-45H2,1-3H3. The Morgan fingerprint density at radius 1 is 0.271 bits per heavy atom. The fourth-order valence-electron chi connectivity index (χ4n) is 7.63. The second-order valence-corrected chi connectivity index (χ2v) is 16.1. The van der Waals surface area contributed by atoms with Crippen LogP contribution in [0.25, 0.3) is 0 Å². The fourth-order valence-corrected chi connectivity index (χ4v) is 7.63. The third kappa shape index (κ3) is 40.4. The second-order valence-electron chi connectivity index (χ2n) is 16.1. The van der Waals surface area contributed by atoms with E-state index < -0.39 is 0 Å². The Labute approximate surface area is 306 Å². The average molecular weight is 678 g/mol. The van der Waals surface area contributed by atoms with Crippen LogP contribution >= 0.6 is 0 Å². The highest BCUT2D eigenvalue weighted by Gasteiger charge is 2.09. The maximum absolute atomic E-state index is 10.3. The summed E-state index contributed by atoms with van der Waals surface area (Å²) in [7, 11) is 0. The molecule has 0 aliphatic rings. The predicted octanol–water partition coefficient (Wildman–Crippen LogP) is 16.3. The Bertz CT molecular complexity index is 504. The Morgan fingerprint density at radius 2 is 0.417 bits per heavy atom. The van der Waals surface area contributed by atoms with Crippen LogP contribution in [0.3, 0.4) is 0 Å². The quantitative estimate of drug-likeness (QED) is 0.0513. The van der Waals surface area contributed by atoms with Gasteiger partial charge in [-0.3, -0.25) is 4.90 Å². The molecule has 0 aromatic heterocycles. The van der Waals surface area contributed by atoms with Crippen molar-refractivity contribution in [2.24, 2.45) is 0 Å². The minimum atomic E-state index is -0.286. The van der Waals surface area contributed by atoms with Crippen LogP contribution in [0.5, 0.6) is 0 Å². The highest BCUT2D eigenvalue weighted by atomic mass is 16.3. The largest absolute Gasteiger partial charge is 0.379 e. The van der Waals surface area contributed by atoms with Crippen LogP contribution in [0.4, 0.5) is 0 Å². The van der Waals surface area contributed by atoms with E-state index in [-0.39, 0.29) is 6.23 Å². The van der Waals surface area contributed by atoms with Crippen molar-refractivity contribution >= 4 is 0 Å². The van der Waals surface area contributed by atoms with E-state index in [0.29, 0.717) is 0 Å². The van der Waals surface area contributed by atoms with Crippen LogP contribution in [-0.2, 0) is 0 Å². The third-order valence-corrected chi connectivity index (χ3v) is 11.1. The minimum absolute atomic E-state index is 0.286. The summed E-state index contributed by atoms with van der Waals surface area (Å²) in [4.78, 5) is 2.32.